The van der Waals surface area contributed by atoms with Gasteiger partial charge in [0.1, 0.15) is 6.10 Å². The van der Waals surface area contributed by atoms with E-state index >= 15 is 0 Å². The number of rotatable bonds is 3. The van der Waals surface area contributed by atoms with E-state index in [1.165, 1.54) is 11.8 Å². The summed E-state index contributed by atoms with van der Waals surface area (Å²) >= 11 is 0. The van der Waals surface area contributed by atoms with Crippen molar-refractivity contribution in [3.63, 3.8) is 0 Å². The van der Waals surface area contributed by atoms with Crippen LogP contribution in [0.2, 0.25) is 0 Å². The van der Waals surface area contributed by atoms with Gasteiger partial charge in [0.15, 0.2) is 5.76 Å². The number of hydrogen-bond donors (Lipinski definition) is 1. The number of amides is 1. The number of benzene rings is 1. The zero-order chi connectivity index (χ0) is 13.1. The Kier molecular flexibility index (Phi) is 3.33. The average Bonchev–Trinajstić information content (AvgIpc) is 2.99. The lowest BCUT2D eigenvalue weighted by molar-refractivity contribution is 0.0408. The lowest BCUT2D eigenvalue weighted by Crippen LogP contribution is -2.31. The Morgan fingerprint density at radius 3 is 3.00 bits per heavy atom. The molecule has 1 amide bonds. The topological polar surface area (TPSA) is 51.5 Å². The van der Waals surface area contributed by atoms with Gasteiger partial charge in [-0.3, -0.25) is 4.79 Å². The molecule has 0 bridgehead atoms. The average molecular weight is 257 g/mol. The molecule has 19 heavy (non-hydrogen) atoms. The highest BCUT2D eigenvalue weighted by molar-refractivity contribution is 5.91. The summed E-state index contributed by atoms with van der Waals surface area (Å²) < 4.78 is 10.8. The number of ether oxygens (including phenoxy) is 1. The normalized spacial score (nSPS) is 17.8. The van der Waals surface area contributed by atoms with E-state index in [1.54, 1.807) is 12.1 Å². The van der Waals surface area contributed by atoms with E-state index in [4.69, 9.17) is 9.15 Å². The summed E-state index contributed by atoms with van der Waals surface area (Å²) in [5, 5.41) is 2.84. The number of fused-ring (bicyclic) bond motifs is 1. The first kappa shape index (κ1) is 12.0. The molecule has 0 saturated carbocycles. The molecule has 0 aliphatic carbocycles. The number of nitrogens with one attached hydrogen (secondary N) is 1. The van der Waals surface area contributed by atoms with Crippen molar-refractivity contribution in [1.29, 1.82) is 0 Å². The molecular weight excluding hydrogens is 242 g/mol. The van der Waals surface area contributed by atoms with Crippen molar-refractivity contribution in [2.24, 2.45) is 0 Å². The maximum atomic E-state index is 11.8. The minimum absolute atomic E-state index is 0.0798. The van der Waals surface area contributed by atoms with Crippen molar-refractivity contribution >= 4 is 5.91 Å². The van der Waals surface area contributed by atoms with Crippen LogP contribution >= 0.6 is 0 Å². The van der Waals surface area contributed by atoms with Gasteiger partial charge in [0, 0.05) is 6.54 Å². The van der Waals surface area contributed by atoms with Crippen LogP contribution < -0.4 is 5.32 Å². The summed E-state index contributed by atoms with van der Waals surface area (Å²) in [6.07, 6.45) is 2.34. The number of carbonyl (C=O) groups is 1. The number of furan rings is 1. The first-order chi connectivity index (χ1) is 9.34. The maximum Gasteiger partial charge on any atom is 0.287 e. The zero-order valence-electron chi connectivity index (χ0n) is 10.5. The van der Waals surface area contributed by atoms with E-state index in [9.17, 15) is 4.79 Å². The molecule has 1 aliphatic rings. The van der Waals surface area contributed by atoms with Gasteiger partial charge >= 0.3 is 0 Å². The third-order valence-electron chi connectivity index (χ3n) is 3.29. The Bertz CT molecular complexity index is 563. The molecule has 1 atom stereocenters. The second-order valence-corrected chi connectivity index (χ2v) is 4.50. The first-order valence-electron chi connectivity index (χ1n) is 6.36. The summed E-state index contributed by atoms with van der Waals surface area (Å²) in [7, 11) is 0. The van der Waals surface area contributed by atoms with E-state index in [0.717, 1.165) is 12.0 Å². The number of carbonyl (C=O) groups excluding carboxylic acids is 1. The van der Waals surface area contributed by atoms with Gasteiger partial charge in [-0.05, 0) is 29.7 Å². The van der Waals surface area contributed by atoms with Crippen molar-refractivity contribution in [1.82, 2.24) is 5.32 Å². The molecule has 4 heteroatoms. The second-order valence-electron chi connectivity index (χ2n) is 4.50. The fourth-order valence-corrected chi connectivity index (χ4v) is 2.33. The fraction of sp³-hybridized carbons (Fsp3) is 0.267. The molecule has 0 spiro atoms. The summed E-state index contributed by atoms with van der Waals surface area (Å²) in [5.41, 5.74) is 2.46. The van der Waals surface area contributed by atoms with Gasteiger partial charge in [-0.1, -0.05) is 24.3 Å². The molecule has 4 nitrogen and oxygen atoms in total. The monoisotopic (exact) mass is 257 g/mol. The van der Waals surface area contributed by atoms with Gasteiger partial charge in [0.2, 0.25) is 0 Å². The molecule has 0 unspecified atom stereocenters. The van der Waals surface area contributed by atoms with Gasteiger partial charge in [0.25, 0.3) is 5.91 Å². The third-order valence-corrected chi connectivity index (χ3v) is 3.29. The Balaban J connectivity index is 1.67. The molecule has 2 heterocycles. The van der Waals surface area contributed by atoms with Gasteiger partial charge in [-0.15, -0.1) is 0 Å². The van der Waals surface area contributed by atoms with Crippen molar-refractivity contribution in [3.8, 4) is 0 Å². The number of hydrogen-bond acceptors (Lipinski definition) is 3. The van der Waals surface area contributed by atoms with Crippen molar-refractivity contribution in [3.05, 3.63) is 59.5 Å². The second kappa shape index (κ2) is 5.28. The molecule has 1 aromatic carbocycles. The quantitative estimate of drug-likeness (QED) is 0.918. The fourth-order valence-electron chi connectivity index (χ4n) is 2.33. The van der Waals surface area contributed by atoms with Crippen LogP contribution in [0.15, 0.2) is 47.1 Å². The Morgan fingerprint density at radius 1 is 1.26 bits per heavy atom. The highest BCUT2D eigenvalue weighted by Crippen LogP contribution is 2.26. The molecule has 3 rings (SSSR count). The summed E-state index contributed by atoms with van der Waals surface area (Å²) in [6.45, 7) is 1.15. The molecule has 98 valence electrons. The zero-order valence-corrected chi connectivity index (χ0v) is 10.5. The van der Waals surface area contributed by atoms with Crippen LogP contribution in [0.1, 0.15) is 27.8 Å². The van der Waals surface area contributed by atoms with Gasteiger partial charge in [-0.2, -0.15) is 0 Å². The molecule has 0 fully saturated rings. The van der Waals surface area contributed by atoms with E-state index in [0.29, 0.717) is 18.9 Å². The molecule has 0 radical (unpaired) electrons. The van der Waals surface area contributed by atoms with E-state index < -0.39 is 0 Å². The summed E-state index contributed by atoms with van der Waals surface area (Å²) in [5.74, 6) is 0.112. The van der Waals surface area contributed by atoms with E-state index in [-0.39, 0.29) is 12.0 Å². The largest absolute Gasteiger partial charge is 0.459 e. The Morgan fingerprint density at radius 2 is 2.16 bits per heavy atom. The summed E-state index contributed by atoms with van der Waals surface area (Å²) in [4.78, 5) is 11.8. The molecular formula is C15H15NO3. The first-order valence-corrected chi connectivity index (χ1v) is 6.36. The van der Waals surface area contributed by atoms with Gasteiger partial charge in [0.05, 0.1) is 12.9 Å². The highest BCUT2D eigenvalue weighted by atomic mass is 16.5. The van der Waals surface area contributed by atoms with Crippen LogP contribution in [0.3, 0.4) is 0 Å². The lowest BCUT2D eigenvalue weighted by atomic mass is 9.97. The highest BCUT2D eigenvalue weighted by Gasteiger charge is 2.21. The molecule has 1 N–H and O–H groups in total. The van der Waals surface area contributed by atoms with E-state index in [2.05, 4.69) is 17.4 Å². The van der Waals surface area contributed by atoms with Crippen molar-refractivity contribution in [2.45, 2.75) is 12.5 Å². The minimum Gasteiger partial charge on any atom is -0.459 e. The Labute approximate surface area is 111 Å². The van der Waals surface area contributed by atoms with Crippen molar-refractivity contribution < 1.29 is 13.9 Å². The van der Waals surface area contributed by atoms with Gasteiger partial charge < -0.3 is 14.5 Å². The van der Waals surface area contributed by atoms with Crippen LogP contribution in [-0.2, 0) is 11.2 Å². The van der Waals surface area contributed by atoms with E-state index in [1.807, 2.05) is 12.1 Å². The van der Waals surface area contributed by atoms with Crippen LogP contribution in [-0.4, -0.2) is 19.1 Å². The minimum atomic E-state index is -0.211. The lowest BCUT2D eigenvalue weighted by Gasteiger charge is -2.26. The van der Waals surface area contributed by atoms with Crippen LogP contribution in [0, 0.1) is 0 Å². The molecule has 1 aliphatic heterocycles. The standard InChI is InChI=1S/C15H15NO3/c17-15(13-6-3-8-18-13)16-10-14-12-5-2-1-4-11(12)7-9-19-14/h1-6,8,14H,7,9-10H2,(H,16,17)/t14-/m0/s1. The maximum absolute atomic E-state index is 11.8. The van der Waals surface area contributed by atoms with Crippen LogP contribution in [0.25, 0.3) is 0 Å². The summed E-state index contributed by atoms with van der Waals surface area (Å²) in [6, 6.07) is 11.5. The predicted molar refractivity (Wildman–Crippen MR) is 69.9 cm³/mol. The predicted octanol–water partition coefficient (Wildman–Crippen LogP) is 2.32. The SMILES string of the molecule is O=C(NC[C@@H]1OCCc2ccccc21)c1ccco1. The molecule has 1 aromatic heterocycles. The van der Waals surface area contributed by atoms with Gasteiger partial charge in [-0.25, -0.2) is 0 Å². The Hall–Kier alpha value is -2.07. The molecule has 0 saturated heterocycles. The smallest absolute Gasteiger partial charge is 0.287 e. The van der Waals surface area contributed by atoms with Crippen molar-refractivity contribution in [2.75, 3.05) is 13.2 Å². The molecule has 2 aromatic rings. The van der Waals surface area contributed by atoms with Crippen LogP contribution in [0.4, 0.5) is 0 Å². The van der Waals surface area contributed by atoms with Crippen LogP contribution in [0.5, 0.6) is 0 Å². The third kappa shape index (κ3) is 2.53.